The Labute approximate surface area is 129 Å². The minimum absolute atomic E-state index is 0.245. The van der Waals surface area contributed by atoms with Crippen LogP contribution in [-0.2, 0) is 0 Å². The average molecular weight is 333 g/mol. The fraction of sp³-hybridized carbons (Fsp3) is 0.529. The maximum absolute atomic E-state index is 4.57. The molecule has 3 heteroatoms. The third kappa shape index (κ3) is 2.07. The lowest BCUT2D eigenvalue weighted by Crippen LogP contribution is -2.32. The van der Waals surface area contributed by atoms with Crippen LogP contribution in [0.4, 0.5) is 0 Å². The van der Waals surface area contributed by atoms with Gasteiger partial charge < -0.3 is 0 Å². The molecule has 0 amide bonds. The number of hydrogen-bond acceptors (Lipinski definition) is 2. The number of rotatable bonds is 2. The first-order valence-electron chi connectivity index (χ1n) is 7.29. The second-order valence-corrected chi connectivity index (χ2v) is 7.75. The van der Waals surface area contributed by atoms with E-state index in [0.717, 1.165) is 22.4 Å². The predicted octanol–water partition coefficient (Wildman–Crippen LogP) is 5.07. The first-order valence-corrected chi connectivity index (χ1v) is 8.09. The van der Waals surface area contributed by atoms with E-state index in [0.29, 0.717) is 5.41 Å². The van der Waals surface area contributed by atoms with Crippen LogP contribution in [-0.4, -0.2) is 11.9 Å². The molecule has 0 aliphatic heterocycles. The molecule has 0 saturated heterocycles. The molecule has 2 aliphatic rings. The summed E-state index contributed by atoms with van der Waals surface area (Å²) in [4.78, 5) is 0. The van der Waals surface area contributed by atoms with E-state index >= 15 is 0 Å². The molecule has 0 N–H and O–H groups in total. The number of benzene rings is 1. The molecular formula is C17H21BrN2. The van der Waals surface area contributed by atoms with Gasteiger partial charge >= 0.3 is 0 Å². The van der Waals surface area contributed by atoms with E-state index in [1.54, 1.807) is 0 Å². The Bertz CT molecular complexity index is 571. The van der Waals surface area contributed by atoms with Crippen molar-refractivity contribution < 1.29 is 0 Å². The summed E-state index contributed by atoms with van der Waals surface area (Å²) in [5.41, 5.74) is 3.01. The van der Waals surface area contributed by atoms with E-state index in [9.17, 15) is 0 Å². The average Bonchev–Trinajstić information content (AvgIpc) is 2.74. The van der Waals surface area contributed by atoms with Gasteiger partial charge in [0.2, 0.25) is 0 Å². The molecule has 3 rings (SSSR count). The Morgan fingerprint density at radius 3 is 2.45 bits per heavy atom. The third-order valence-electron chi connectivity index (χ3n) is 5.77. The third-order valence-corrected chi connectivity index (χ3v) is 6.30. The summed E-state index contributed by atoms with van der Waals surface area (Å²) in [6.45, 7) is 7.16. The van der Waals surface area contributed by atoms with E-state index in [1.807, 2.05) is 30.5 Å². The highest BCUT2D eigenvalue weighted by Gasteiger charge is 2.59. The summed E-state index contributed by atoms with van der Waals surface area (Å²) in [5.74, 6) is 0.786. The van der Waals surface area contributed by atoms with Gasteiger partial charge in [0, 0.05) is 15.6 Å². The fourth-order valence-electron chi connectivity index (χ4n) is 3.79. The van der Waals surface area contributed by atoms with Crippen LogP contribution >= 0.6 is 15.9 Å². The fourth-order valence-corrected chi connectivity index (χ4v) is 4.06. The lowest BCUT2D eigenvalue weighted by atomic mass is 9.70. The Kier molecular flexibility index (Phi) is 3.36. The van der Waals surface area contributed by atoms with Gasteiger partial charge in [-0.05, 0) is 48.3 Å². The second-order valence-electron chi connectivity index (χ2n) is 6.84. The van der Waals surface area contributed by atoms with E-state index in [1.165, 1.54) is 18.6 Å². The number of hydrogen-bond donors (Lipinski definition) is 0. The zero-order valence-electron chi connectivity index (χ0n) is 12.4. The van der Waals surface area contributed by atoms with Crippen molar-refractivity contribution in [3.63, 3.8) is 0 Å². The Morgan fingerprint density at radius 2 is 1.90 bits per heavy atom. The minimum Gasteiger partial charge on any atom is -0.160 e. The van der Waals surface area contributed by atoms with E-state index in [-0.39, 0.29) is 5.41 Å². The zero-order chi connectivity index (χ0) is 14.4. The molecule has 1 aromatic carbocycles. The first kappa shape index (κ1) is 14.0. The van der Waals surface area contributed by atoms with Crippen molar-refractivity contribution >= 4 is 27.9 Å². The van der Waals surface area contributed by atoms with Gasteiger partial charge in [0.05, 0.1) is 6.21 Å². The van der Waals surface area contributed by atoms with Crippen molar-refractivity contribution in [3.8, 4) is 0 Å². The number of halogens is 1. The van der Waals surface area contributed by atoms with Gasteiger partial charge in [0.25, 0.3) is 0 Å². The van der Waals surface area contributed by atoms with Gasteiger partial charge in [-0.2, -0.15) is 10.2 Å². The van der Waals surface area contributed by atoms with Crippen LogP contribution in [0.5, 0.6) is 0 Å². The number of fused-ring (bicyclic) bond motifs is 2. The van der Waals surface area contributed by atoms with Crippen LogP contribution in [0.2, 0.25) is 0 Å². The summed E-state index contributed by atoms with van der Waals surface area (Å²) < 4.78 is 1.09. The van der Waals surface area contributed by atoms with Crippen LogP contribution in [0.1, 0.15) is 45.6 Å². The molecule has 2 fully saturated rings. The molecule has 2 nitrogen and oxygen atoms in total. The molecule has 106 valence electrons. The molecule has 20 heavy (non-hydrogen) atoms. The van der Waals surface area contributed by atoms with Gasteiger partial charge in [-0.3, -0.25) is 0 Å². The summed E-state index contributed by atoms with van der Waals surface area (Å²) >= 11 is 3.44. The normalized spacial score (nSPS) is 33.4. The topological polar surface area (TPSA) is 24.7 Å². The maximum Gasteiger partial charge on any atom is 0.0568 e. The molecule has 1 aromatic rings. The summed E-state index contributed by atoms with van der Waals surface area (Å²) in [6, 6.07) is 8.13. The molecule has 0 aromatic heterocycles. The summed E-state index contributed by atoms with van der Waals surface area (Å²) in [5, 5.41) is 8.90. The second kappa shape index (κ2) is 4.80. The standard InChI is InChI=1S/C17H21BrN2/c1-16(2)13-8-9-17(16,3)15(10-13)20-19-11-12-4-6-14(18)7-5-12/h4-7,11,13H,8-10H2,1-3H3/b19-11-,20-15+/t13-,17-/m1/s1. The molecule has 0 spiro atoms. The van der Waals surface area contributed by atoms with Gasteiger partial charge in [-0.15, -0.1) is 0 Å². The zero-order valence-corrected chi connectivity index (χ0v) is 13.9. The highest BCUT2D eigenvalue weighted by molar-refractivity contribution is 9.10. The Morgan fingerprint density at radius 1 is 1.20 bits per heavy atom. The van der Waals surface area contributed by atoms with Crippen LogP contribution in [0.25, 0.3) is 0 Å². The van der Waals surface area contributed by atoms with Crippen molar-refractivity contribution in [2.75, 3.05) is 0 Å². The van der Waals surface area contributed by atoms with Gasteiger partial charge in [0.1, 0.15) is 0 Å². The first-order chi connectivity index (χ1) is 9.43. The molecule has 0 radical (unpaired) electrons. The van der Waals surface area contributed by atoms with Crippen molar-refractivity contribution in [1.29, 1.82) is 0 Å². The van der Waals surface area contributed by atoms with Crippen LogP contribution < -0.4 is 0 Å². The molecule has 0 unspecified atom stereocenters. The van der Waals surface area contributed by atoms with Crippen LogP contribution in [0.3, 0.4) is 0 Å². The van der Waals surface area contributed by atoms with E-state index in [2.05, 4.69) is 46.9 Å². The molecule has 2 aliphatic carbocycles. The smallest absolute Gasteiger partial charge is 0.0568 e. The quantitative estimate of drug-likeness (QED) is 0.533. The van der Waals surface area contributed by atoms with Crippen molar-refractivity contribution in [3.05, 3.63) is 34.3 Å². The SMILES string of the molecule is CC1(C)[C@@H]2CC[C@]1(C)/C(=N/N=C\c1ccc(Br)cc1)C2. The Hall–Kier alpha value is -0.960. The largest absolute Gasteiger partial charge is 0.160 e. The van der Waals surface area contributed by atoms with Crippen LogP contribution in [0.15, 0.2) is 38.9 Å². The van der Waals surface area contributed by atoms with Crippen molar-refractivity contribution in [2.45, 2.75) is 40.0 Å². The summed E-state index contributed by atoms with van der Waals surface area (Å²) in [7, 11) is 0. The number of nitrogens with zero attached hydrogens (tertiary/aromatic N) is 2. The van der Waals surface area contributed by atoms with Crippen LogP contribution in [0, 0.1) is 16.7 Å². The molecule has 2 atom stereocenters. The van der Waals surface area contributed by atoms with E-state index in [4.69, 9.17) is 0 Å². The predicted molar refractivity (Wildman–Crippen MR) is 88.4 cm³/mol. The lowest BCUT2D eigenvalue weighted by Gasteiger charge is -2.34. The van der Waals surface area contributed by atoms with E-state index < -0.39 is 0 Å². The lowest BCUT2D eigenvalue weighted by molar-refractivity contribution is 0.194. The highest BCUT2D eigenvalue weighted by atomic mass is 79.9. The summed E-state index contributed by atoms with van der Waals surface area (Å²) in [6.07, 6.45) is 5.58. The molecule has 2 bridgehead atoms. The van der Waals surface area contributed by atoms with Gasteiger partial charge in [-0.1, -0.05) is 48.8 Å². The minimum atomic E-state index is 0.245. The van der Waals surface area contributed by atoms with Crippen molar-refractivity contribution in [1.82, 2.24) is 0 Å². The molecular weight excluding hydrogens is 312 g/mol. The van der Waals surface area contributed by atoms with Gasteiger partial charge in [-0.25, -0.2) is 0 Å². The Balaban J connectivity index is 1.79. The highest BCUT2D eigenvalue weighted by Crippen LogP contribution is 2.63. The molecule has 0 heterocycles. The monoisotopic (exact) mass is 332 g/mol. The molecule has 2 saturated carbocycles. The van der Waals surface area contributed by atoms with Gasteiger partial charge in [0.15, 0.2) is 0 Å². The maximum atomic E-state index is 4.57. The van der Waals surface area contributed by atoms with Crippen molar-refractivity contribution in [2.24, 2.45) is 27.0 Å².